The Balaban J connectivity index is 0.000000218. The number of carbonyl (C=O) groups excluding carboxylic acids is 1. The van der Waals surface area contributed by atoms with E-state index in [1.54, 1.807) is 0 Å². The van der Waals surface area contributed by atoms with Gasteiger partial charge in [0.15, 0.2) is 6.29 Å². The van der Waals surface area contributed by atoms with E-state index < -0.39 is 0 Å². The number of rotatable bonds is 1. The standard InChI is InChI=1S/C5H10O2.C2H5NO/c1-2-5-6-3-4-7-5;1-2(3)4/h5H,2-4H2,1H3;1H3,(H2,3,4). The Morgan fingerprint density at radius 1 is 1.55 bits per heavy atom. The van der Waals surface area contributed by atoms with Gasteiger partial charge >= 0.3 is 0 Å². The topological polar surface area (TPSA) is 61.6 Å². The van der Waals surface area contributed by atoms with Crippen LogP contribution in [0.15, 0.2) is 0 Å². The van der Waals surface area contributed by atoms with Crippen molar-refractivity contribution in [2.45, 2.75) is 26.6 Å². The van der Waals surface area contributed by atoms with Crippen molar-refractivity contribution in [3.8, 4) is 0 Å². The van der Waals surface area contributed by atoms with Crippen molar-refractivity contribution in [1.82, 2.24) is 0 Å². The summed E-state index contributed by atoms with van der Waals surface area (Å²) in [5, 5.41) is 0. The van der Waals surface area contributed by atoms with Gasteiger partial charge in [0.1, 0.15) is 0 Å². The predicted molar refractivity (Wildman–Crippen MR) is 40.9 cm³/mol. The van der Waals surface area contributed by atoms with E-state index in [0.717, 1.165) is 19.6 Å². The van der Waals surface area contributed by atoms with Crippen LogP contribution in [-0.4, -0.2) is 25.4 Å². The molecule has 1 amide bonds. The van der Waals surface area contributed by atoms with Gasteiger partial charge in [-0.1, -0.05) is 6.92 Å². The van der Waals surface area contributed by atoms with E-state index >= 15 is 0 Å². The van der Waals surface area contributed by atoms with Crippen LogP contribution in [0.1, 0.15) is 20.3 Å². The van der Waals surface area contributed by atoms with E-state index in [-0.39, 0.29) is 12.2 Å². The predicted octanol–water partition coefficient (Wildman–Crippen LogP) is 0.261. The molecule has 1 aliphatic rings. The highest BCUT2D eigenvalue weighted by Crippen LogP contribution is 2.05. The summed E-state index contributed by atoms with van der Waals surface area (Å²) < 4.78 is 10.2. The van der Waals surface area contributed by atoms with E-state index in [2.05, 4.69) is 12.7 Å². The first-order valence-electron chi connectivity index (χ1n) is 3.66. The molecule has 1 aliphatic heterocycles. The maximum absolute atomic E-state index is 9.22. The van der Waals surface area contributed by atoms with E-state index in [4.69, 9.17) is 9.47 Å². The fourth-order valence-electron chi connectivity index (χ4n) is 0.643. The molecule has 0 aromatic heterocycles. The fraction of sp³-hybridized carbons (Fsp3) is 0.857. The summed E-state index contributed by atoms with van der Waals surface area (Å²) in [6, 6.07) is 0. The van der Waals surface area contributed by atoms with Gasteiger partial charge in [0, 0.05) is 6.92 Å². The Morgan fingerprint density at radius 3 is 2.09 bits per heavy atom. The maximum atomic E-state index is 9.22. The normalized spacial score (nSPS) is 17.3. The van der Waals surface area contributed by atoms with Gasteiger partial charge in [-0.05, 0) is 6.42 Å². The molecule has 0 atom stereocenters. The lowest BCUT2D eigenvalue weighted by atomic mass is 10.5. The van der Waals surface area contributed by atoms with Crippen LogP contribution in [0.5, 0.6) is 0 Å². The molecule has 1 rings (SSSR count). The molecule has 0 spiro atoms. The summed E-state index contributed by atoms with van der Waals surface area (Å²) in [7, 11) is 0. The Hall–Kier alpha value is -0.610. The summed E-state index contributed by atoms with van der Waals surface area (Å²) in [5.74, 6) is -0.333. The Bertz CT molecular complexity index is 106. The molecule has 0 saturated carbocycles. The molecule has 0 aromatic carbocycles. The molecule has 1 saturated heterocycles. The highest BCUT2D eigenvalue weighted by atomic mass is 16.7. The first kappa shape index (κ1) is 10.4. The molecule has 2 N–H and O–H groups in total. The van der Waals surface area contributed by atoms with Gasteiger partial charge in [0.2, 0.25) is 5.91 Å². The third-order valence-electron chi connectivity index (χ3n) is 1.02. The molecular formula is C7H15NO3. The highest BCUT2D eigenvalue weighted by Gasteiger charge is 2.11. The number of nitrogens with two attached hydrogens (primary N) is 1. The van der Waals surface area contributed by atoms with Crippen molar-refractivity contribution >= 4 is 5.91 Å². The number of amides is 1. The third-order valence-corrected chi connectivity index (χ3v) is 1.02. The molecule has 4 heteroatoms. The van der Waals surface area contributed by atoms with Gasteiger partial charge in [-0.15, -0.1) is 0 Å². The molecular weight excluding hydrogens is 146 g/mol. The van der Waals surface area contributed by atoms with E-state index in [1.165, 1.54) is 6.92 Å². The first-order valence-corrected chi connectivity index (χ1v) is 3.66. The van der Waals surface area contributed by atoms with Crippen molar-refractivity contribution in [1.29, 1.82) is 0 Å². The van der Waals surface area contributed by atoms with Crippen molar-refractivity contribution in [3.05, 3.63) is 0 Å². The molecule has 1 fully saturated rings. The number of hydrogen-bond donors (Lipinski definition) is 1. The molecule has 4 nitrogen and oxygen atoms in total. The summed E-state index contributed by atoms with van der Waals surface area (Å²) in [6.45, 7) is 4.91. The molecule has 0 radical (unpaired) electrons. The second-order valence-corrected chi connectivity index (χ2v) is 2.19. The highest BCUT2D eigenvalue weighted by molar-refractivity contribution is 5.70. The van der Waals surface area contributed by atoms with Crippen LogP contribution in [0.25, 0.3) is 0 Å². The number of primary amides is 1. The first-order chi connectivity index (χ1) is 5.16. The van der Waals surface area contributed by atoms with Crippen LogP contribution in [0.2, 0.25) is 0 Å². The quantitative estimate of drug-likeness (QED) is 0.600. The van der Waals surface area contributed by atoms with Crippen molar-refractivity contribution in [2.24, 2.45) is 5.73 Å². The van der Waals surface area contributed by atoms with E-state index in [0.29, 0.717) is 0 Å². The zero-order valence-corrected chi connectivity index (χ0v) is 7.00. The second kappa shape index (κ2) is 6.12. The average molecular weight is 161 g/mol. The molecule has 0 aromatic rings. The lowest BCUT2D eigenvalue weighted by molar-refractivity contribution is -0.115. The third kappa shape index (κ3) is 7.29. The molecule has 0 bridgehead atoms. The van der Waals surface area contributed by atoms with Gasteiger partial charge < -0.3 is 15.2 Å². The number of ether oxygens (including phenoxy) is 2. The lowest BCUT2D eigenvalue weighted by Crippen LogP contribution is -2.03. The lowest BCUT2D eigenvalue weighted by Gasteiger charge is -2.01. The molecule has 0 unspecified atom stereocenters. The summed E-state index contributed by atoms with van der Waals surface area (Å²) >= 11 is 0. The molecule has 11 heavy (non-hydrogen) atoms. The smallest absolute Gasteiger partial charge is 0.214 e. The van der Waals surface area contributed by atoms with E-state index in [9.17, 15) is 4.79 Å². The van der Waals surface area contributed by atoms with Crippen LogP contribution in [0.3, 0.4) is 0 Å². The maximum Gasteiger partial charge on any atom is 0.214 e. The van der Waals surface area contributed by atoms with Crippen LogP contribution in [-0.2, 0) is 14.3 Å². The minimum Gasteiger partial charge on any atom is -0.370 e. The monoisotopic (exact) mass is 161 g/mol. The molecule has 1 heterocycles. The minimum atomic E-state index is -0.333. The zero-order chi connectivity index (χ0) is 8.69. The van der Waals surface area contributed by atoms with Crippen LogP contribution in [0.4, 0.5) is 0 Å². The van der Waals surface area contributed by atoms with Crippen molar-refractivity contribution in [3.63, 3.8) is 0 Å². The molecule has 0 aliphatic carbocycles. The van der Waals surface area contributed by atoms with Crippen LogP contribution >= 0.6 is 0 Å². The molecule has 66 valence electrons. The summed E-state index contributed by atoms with van der Waals surface area (Å²) in [4.78, 5) is 9.22. The summed E-state index contributed by atoms with van der Waals surface area (Å²) in [5.41, 5.74) is 4.47. The van der Waals surface area contributed by atoms with Gasteiger partial charge in [-0.3, -0.25) is 4.79 Å². The summed E-state index contributed by atoms with van der Waals surface area (Å²) in [6.07, 6.45) is 1.07. The number of carbonyl (C=O) groups is 1. The van der Waals surface area contributed by atoms with Crippen LogP contribution in [0, 0.1) is 0 Å². The average Bonchev–Trinajstić information content (AvgIpc) is 2.36. The zero-order valence-electron chi connectivity index (χ0n) is 7.00. The van der Waals surface area contributed by atoms with Crippen molar-refractivity contribution < 1.29 is 14.3 Å². The Kier molecular flexibility index (Phi) is 5.78. The van der Waals surface area contributed by atoms with Gasteiger partial charge in [-0.25, -0.2) is 0 Å². The van der Waals surface area contributed by atoms with Gasteiger partial charge in [0.25, 0.3) is 0 Å². The Labute approximate surface area is 66.7 Å². The van der Waals surface area contributed by atoms with E-state index in [1.807, 2.05) is 0 Å². The van der Waals surface area contributed by atoms with Gasteiger partial charge in [-0.2, -0.15) is 0 Å². The van der Waals surface area contributed by atoms with Gasteiger partial charge in [0.05, 0.1) is 13.2 Å². The number of hydrogen-bond acceptors (Lipinski definition) is 3. The fourth-order valence-corrected chi connectivity index (χ4v) is 0.643. The largest absolute Gasteiger partial charge is 0.370 e. The minimum absolute atomic E-state index is 0.0972. The SMILES string of the molecule is CC(N)=O.CCC1OCCO1. The Morgan fingerprint density at radius 2 is 1.91 bits per heavy atom. The van der Waals surface area contributed by atoms with Crippen molar-refractivity contribution in [2.75, 3.05) is 13.2 Å². The second-order valence-electron chi connectivity index (χ2n) is 2.19. The van der Waals surface area contributed by atoms with Crippen LogP contribution < -0.4 is 5.73 Å².